The molecular formula is C21H31N3O4. The minimum Gasteiger partial charge on any atom is -0.450 e. The number of nitrogens with zero attached hydrogens (tertiary/aromatic N) is 3. The molecule has 1 saturated heterocycles. The number of hydrogen-bond acceptors (Lipinski definition) is 4. The van der Waals surface area contributed by atoms with E-state index in [0.29, 0.717) is 38.5 Å². The number of amides is 3. The Kier molecular flexibility index (Phi) is 7.05. The van der Waals surface area contributed by atoms with Gasteiger partial charge in [-0.1, -0.05) is 32.9 Å². The monoisotopic (exact) mass is 389 g/mol. The minimum absolute atomic E-state index is 0.0103. The summed E-state index contributed by atoms with van der Waals surface area (Å²) in [5.41, 5.74) is 1.90. The van der Waals surface area contributed by atoms with E-state index in [1.165, 1.54) is 17.4 Å². The molecule has 7 nitrogen and oxygen atoms in total. The first-order chi connectivity index (χ1) is 13.1. The van der Waals surface area contributed by atoms with E-state index in [1.54, 1.807) is 16.7 Å². The molecule has 1 aromatic carbocycles. The van der Waals surface area contributed by atoms with Crippen LogP contribution in [0, 0.1) is 0 Å². The Morgan fingerprint density at radius 3 is 2.00 bits per heavy atom. The van der Waals surface area contributed by atoms with E-state index in [9.17, 15) is 14.4 Å². The molecule has 1 aromatic rings. The van der Waals surface area contributed by atoms with Crippen LogP contribution < -0.4 is 4.90 Å². The van der Waals surface area contributed by atoms with Crippen molar-refractivity contribution >= 4 is 23.6 Å². The first-order valence-corrected chi connectivity index (χ1v) is 9.71. The molecule has 0 radical (unpaired) electrons. The Morgan fingerprint density at radius 2 is 1.54 bits per heavy atom. The zero-order chi connectivity index (χ0) is 20.9. The second-order valence-corrected chi connectivity index (χ2v) is 7.97. The lowest BCUT2D eigenvalue weighted by molar-refractivity contribution is -0.132. The van der Waals surface area contributed by atoms with Crippen LogP contribution in [0.4, 0.5) is 10.5 Å². The van der Waals surface area contributed by atoms with E-state index >= 15 is 0 Å². The highest BCUT2D eigenvalue weighted by molar-refractivity contribution is 5.97. The third-order valence-corrected chi connectivity index (χ3v) is 4.88. The summed E-state index contributed by atoms with van der Waals surface area (Å²) in [4.78, 5) is 41.4. The summed E-state index contributed by atoms with van der Waals surface area (Å²) in [7, 11) is 0. The SMILES string of the molecule is CCOC(=O)N1CCN(C(=O)CN(C(C)=O)c2ccc(C(C)(C)C)cc2)CC1. The highest BCUT2D eigenvalue weighted by Gasteiger charge is 2.27. The zero-order valence-electron chi connectivity index (χ0n) is 17.5. The van der Waals surface area contributed by atoms with Crippen LogP contribution in [0.2, 0.25) is 0 Å². The van der Waals surface area contributed by atoms with Crippen LogP contribution in [0.3, 0.4) is 0 Å². The minimum atomic E-state index is -0.348. The number of piperazine rings is 1. The lowest BCUT2D eigenvalue weighted by Crippen LogP contribution is -2.53. The topological polar surface area (TPSA) is 70.2 Å². The summed E-state index contributed by atoms with van der Waals surface area (Å²) in [5.74, 6) is -0.305. The second kappa shape index (κ2) is 9.08. The Labute approximate surface area is 167 Å². The molecule has 0 saturated carbocycles. The van der Waals surface area contributed by atoms with Crippen LogP contribution in [0.5, 0.6) is 0 Å². The molecule has 1 aliphatic rings. The third-order valence-electron chi connectivity index (χ3n) is 4.88. The molecule has 0 atom stereocenters. The number of benzene rings is 1. The van der Waals surface area contributed by atoms with Crippen molar-refractivity contribution in [2.45, 2.75) is 40.0 Å². The Balaban J connectivity index is 2.00. The summed E-state index contributed by atoms with van der Waals surface area (Å²) in [5, 5.41) is 0. The van der Waals surface area contributed by atoms with Gasteiger partial charge in [0.2, 0.25) is 11.8 Å². The number of rotatable bonds is 4. The van der Waals surface area contributed by atoms with Crippen LogP contribution in [0.1, 0.15) is 40.2 Å². The van der Waals surface area contributed by atoms with Crippen molar-refractivity contribution in [3.8, 4) is 0 Å². The van der Waals surface area contributed by atoms with E-state index in [2.05, 4.69) is 20.8 Å². The van der Waals surface area contributed by atoms with Crippen LogP contribution in [-0.2, 0) is 19.7 Å². The molecule has 154 valence electrons. The summed E-state index contributed by atoms with van der Waals surface area (Å²) in [6.45, 7) is 11.7. The van der Waals surface area contributed by atoms with Crippen LogP contribution in [0.25, 0.3) is 0 Å². The van der Waals surface area contributed by atoms with Gasteiger partial charge in [-0.05, 0) is 30.0 Å². The average molecular weight is 389 g/mol. The fourth-order valence-electron chi connectivity index (χ4n) is 3.11. The number of carbonyl (C=O) groups is 3. The fourth-order valence-corrected chi connectivity index (χ4v) is 3.11. The highest BCUT2D eigenvalue weighted by Crippen LogP contribution is 2.25. The molecule has 0 bridgehead atoms. The van der Waals surface area contributed by atoms with Crippen molar-refractivity contribution in [1.82, 2.24) is 9.80 Å². The Bertz CT molecular complexity index is 701. The fraction of sp³-hybridized carbons (Fsp3) is 0.571. The van der Waals surface area contributed by atoms with Gasteiger partial charge in [-0.2, -0.15) is 0 Å². The van der Waals surface area contributed by atoms with Gasteiger partial charge in [0.05, 0.1) is 6.61 Å². The smallest absolute Gasteiger partial charge is 0.409 e. The number of hydrogen-bond donors (Lipinski definition) is 0. The average Bonchev–Trinajstić information content (AvgIpc) is 2.65. The van der Waals surface area contributed by atoms with Gasteiger partial charge in [0.1, 0.15) is 6.54 Å². The number of ether oxygens (including phenoxy) is 1. The maximum absolute atomic E-state index is 12.7. The van der Waals surface area contributed by atoms with Gasteiger partial charge in [0.25, 0.3) is 0 Å². The number of anilines is 1. The summed E-state index contributed by atoms with van der Waals surface area (Å²) in [6, 6.07) is 7.75. The van der Waals surface area contributed by atoms with Crippen LogP contribution >= 0.6 is 0 Å². The second-order valence-electron chi connectivity index (χ2n) is 7.97. The van der Waals surface area contributed by atoms with Gasteiger partial charge in [-0.3, -0.25) is 9.59 Å². The summed E-state index contributed by atoms with van der Waals surface area (Å²) < 4.78 is 5.00. The van der Waals surface area contributed by atoms with Crippen molar-refractivity contribution in [2.24, 2.45) is 0 Å². The quantitative estimate of drug-likeness (QED) is 0.794. The van der Waals surface area contributed by atoms with Crippen LogP contribution in [-0.4, -0.2) is 67.0 Å². The van der Waals surface area contributed by atoms with Gasteiger partial charge >= 0.3 is 6.09 Å². The molecule has 7 heteroatoms. The Hall–Kier alpha value is -2.57. The maximum Gasteiger partial charge on any atom is 0.409 e. The van der Waals surface area contributed by atoms with Gasteiger partial charge in [-0.15, -0.1) is 0 Å². The standard InChI is InChI=1S/C21H31N3O4/c1-6-28-20(27)23-13-11-22(12-14-23)19(26)15-24(16(2)25)18-9-7-17(8-10-18)21(3,4)5/h7-10H,6,11-15H2,1-5H3. The lowest BCUT2D eigenvalue weighted by Gasteiger charge is -2.35. The molecule has 1 heterocycles. The van der Waals surface area contributed by atoms with Gasteiger partial charge < -0.3 is 19.4 Å². The first-order valence-electron chi connectivity index (χ1n) is 9.71. The lowest BCUT2D eigenvalue weighted by atomic mass is 9.87. The zero-order valence-corrected chi connectivity index (χ0v) is 17.5. The molecule has 0 spiro atoms. The highest BCUT2D eigenvalue weighted by atomic mass is 16.6. The van der Waals surface area contributed by atoms with E-state index in [4.69, 9.17) is 4.74 Å². The predicted molar refractivity (Wildman–Crippen MR) is 108 cm³/mol. The number of carbonyl (C=O) groups excluding carboxylic acids is 3. The van der Waals surface area contributed by atoms with E-state index in [-0.39, 0.29) is 29.9 Å². The van der Waals surface area contributed by atoms with Gasteiger partial charge in [0, 0.05) is 38.8 Å². The maximum atomic E-state index is 12.7. The van der Waals surface area contributed by atoms with Gasteiger partial charge in [0.15, 0.2) is 0 Å². The third kappa shape index (κ3) is 5.47. The Morgan fingerprint density at radius 1 is 1.00 bits per heavy atom. The molecule has 0 unspecified atom stereocenters. The molecule has 28 heavy (non-hydrogen) atoms. The van der Waals surface area contributed by atoms with E-state index < -0.39 is 0 Å². The van der Waals surface area contributed by atoms with Crippen molar-refractivity contribution in [3.63, 3.8) is 0 Å². The molecule has 0 aromatic heterocycles. The van der Waals surface area contributed by atoms with E-state index in [1.807, 2.05) is 24.3 Å². The summed E-state index contributed by atoms with van der Waals surface area (Å²) in [6.07, 6.45) is -0.348. The molecule has 1 aliphatic heterocycles. The van der Waals surface area contributed by atoms with Crippen molar-refractivity contribution in [1.29, 1.82) is 0 Å². The molecule has 0 aliphatic carbocycles. The summed E-state index contributed by atoms with van der Waals surface area (Å²) >= 11 is 0. The molecule has 3 amide bonds. The molecule has 0 N–H and O–H groups in total. The van der Waals surface area contributed by atoms with Crippen LogP contribution in [0.15, 0.2) is 24.3 Å². The van der Waals surface area contributed by atoms with Crippen molar-refractivity contribution < 1.29 is 19.1 Å². The largest absolute Gasteiger partial charge is 0.450 e. The van der Waals surface area contributed by atoms with Gasteiger partial charge in [-0.25, -0.2) is 4.79 Å². The first kappa shape index (κ1) is 21.7. The normalized spacial score (nSPS) is 14.6. The van der Waals surface area contributed by atoms with Crippen molar-refractivity contribution in [2.75, 3.05) is 44.2 Å². The molecule has 2 rings (SSSR count). The van der Waals surface area contributed by atoms with Crippen molar-refractivity contribution in [3.05, 3.63) is 29.8 Å². The predicted octanol–water partition coefficient (Wildman–Crippen LogP) is 2.64. The van der Waals surface area contributed by atoms with E-state index in [0.717, 1.165) is 0 Å². The molecular weight excluding hydrogens is 358 g/mol. The molecule has 1 fully saturated rings.